The Balaban J connectivity index is 0.00000242. The van der Waals surface area contributed by atoms with E-state index in [0.29, 0.717) is 5.69 Å². The van der Waals surface area contributed by atoms with Crippen molar-refractivity contribution >= 4 is 56.7 Å². The first kappa shape index (κ1) is 18.8. The summed E-state index contributed by atoms with van der Waals surface area (Å²) in [6.07, 6.45) is 0. The Labute approximate surface area is 151 Å². The maximum atomic E-state index is 11.3. The van der Waals surface area contributed by atoms with Crippen LogP contribution in [0.25, 0.3) is 0 Å². The van der Waals surface area contributed by atoms with Crippen LogP contribution < -0.4 is 4.90 Å². The minimum atomic E-state index is -4.33. The van der Waals surface area contributed by atoms with Gasteiger partial charge in [-0.1, -0.05) is 24.3 Å². The predicted molar refractivity (Wildman–Crippen MR) is 88.4 cm³/mol. The molecule has 2 aromatic rings. The Hall–Kier alpha value is -1.25. The fourth-order valence-electron chi connectivity index (χ4n) is 1.79. The fraction of sp³-hybridized carbons (Fsp3) is 0.143. The van der Waals surface area contributed by atoms with Gasteiger partial charge in [-0.15, -0.1) is 10.2 Å². The van der Waals surface area contributed by atoms with Crippen LogP contribution in [0.1, 0.15) is 0 Å². The predicted octanol–water partition coefficient (Wildman–Crippen LogP) is 2.77. The third-order valence-corrected chi connectivity index (χ3v) is 3.67. The van der Waals surface area contributed by atoms with Crippen molar-refractivity contribution in [2.24, 2.45) is 10.2 Å². The first-order valence-corrected chi connectivity index (χ1v) is 7.58. The van der Waals surface area contributed by atoms with Crippen LogP contribution in [0.15, 0.2) is 63.7 Å². The zero-order valence-corrected chi connectivity index (χ0v) is 12.4. The molecule has 22 heavy (non-hydrogen) atoms. The summed E-state index contributed by atoms with van der Waals surface area (Å²) < 4.78 is 31.7. The van der Waals surface area contributed by atoms with Crippen molar-refractivity contribution in [2.45, 2.75) is 4.90 Å². The second-order valence-electron chi connectivity index (χ2n) is 4.53. The molecule has 2 aromatic carbocycles. The molecule has 0 bridgehead atoms. The number of anilines is 1. The van der Waals surface area contributed by atoms with E-state index in [0.717, 1.165) is 5.69 Å². The Morgan fingerprint density at radius 2 is 1.41 bits per heavy atom. The molecule has 0 amide bonds. The van der Waals surface area contributed by atoms with Crippen molar-refractivity contribution < 1.29 is 13.0 Å². The van der Waals surface area contributed by atoms with E-state index >= 15 is 0 Å². The van der Waals surface area contributed by atoms with Crippen LogP contribution in [0.2, 0.25) is 0 Å². The van der Waals surface area contributed by atoms with E-state index in [1.807, 2.05) is 37.2 Å². The number of para-hydroxylation sites is 1. The Morgan fingerprint density at radius 1 is 0.909 bits per heavy atom. The second kappa shape index (κ2) is 7.85. The molecule has 0 aromatic heterocycles. The van der Waals surface area contributed by atoms with E-state index in [-0.39, 0.29) is 40.1 Å². The molecule has 0 atom stereocenters. The van der Waals surface area contributed by atoms with Crippen molar-refractivity contribution in [3.8, 4) is 0 Å². The maximum absolute atomic E-state index is 11.3. The summed E-state index contributed by atoms with van der Waals surface area (Å²) in [5.41, 5.74) is 1.55. The van der Waals surface area contributed by atoms with Gasteiger partial charge in [-0.2, -0.15) is 8.42 Å². The Kier molecular flexibility index (Phi) is 6.70. The van der Waals surface area contributed by atoms with Crippen molar-refractivity contribution in [3.05, 3.63) is 48.5 Å². The summed E-state index contributed by atoms with van der Waals surface area (Å²) >= 11 is 0. The van der Waals surface area contributed by atoms with Crippen molar-refractivity contribution in [1.29, 1.82) is 0 Å². The van der Waals surface area contributed by atoms with Gasteiger partial charge < -0.3 is 4.90 Å². The SMILES string of the molecule is CN(C)c1ccccc1/N=N/c1ccccc1S(=O)(=O)O.[NaH]. The Bertz CT molecular complexity index is 776. The van der Waals surface area contributed by atoms with E-state index in [1.165, 1.54) is 18.2 Å². The fourth-order valence-corrected chi connectivity index (χ4v) is 2.42. The van der Waals surface area contributed by atoms with Gasteiger partial charge >= 0.3 is 29.6 Å². The molecule has 1 N–H and O–H groups in total. The zero-order chi connectivity index (χ0) is 15.5. The number of rotatable bonds is 4. The molecular weight excluding hydrogens is 313 g/mol. The summed E-state index contributed by atoms with van der Waals surface area (Å²) in [7, 11) is -0.578. The van der Waals surface area contributed by atoms with Gasteiger partial charge in [0.2, 0.25) is 0 Å². The molecular formula is C14H16N3NaO3S. The number of hydrogen-bond acceptors (Lipinski definition) is 5. The van der Waals surface area contributed by atoms with E-state index in [1.54, 1.807) is 12.1 Å². The van der Waals surface area contributed by atoms with E-state index in [2.05, 4.69) is 10.2 Å². The molecule has 8 heteroatoms. The number of nitrogens with zero attached hydrogens (tertiary/aromatic N) is 3. The molecule has 0 saturated carbocycles. The summed E-state index contributed by atoms with van der Waals surface area (Å²) in [6.45, 7) is 0. The van der Waals surface area contributed by atoms with Gasteiger partial charge in [-0.25, -0.2) is 0 Å². The van der Waals surface area contributed by atoms with Crippen LogP contribution in [-0.4, -0.2) is 56.6 Å². The quantitative estimate of drug-likeness (QED) is 0.531. The summed E-state index contributed by atoms with van der Waals surface area (Å²) in [5, 5.41) is 8.02. The van der Waals surface area contributed by atoms with E-state index in [9.17, 15) is 13.0 Å². The van der Waals surface area contributed by atoms with Crippen LogP contribution in [0.5, 0.6) is 0 Å². The Morgan fingerprint density at radius 3 is 2.00 bits per heavy atom. The third-order valence-electron chi connectivity index (χ3n) is 2.77. The zero-order valence-electron chi connectivity index (χ0n) is 11.6. The van der Waals surface area contributed by atoms with Crippen LogP contribution in [-0.2, 0) is 10.1 Å². The minimum absolute atomic E-state index is 0. The van der Waals surface area contributed by atoms with Crippen LogP contribution in [0, 0.1) is 0 Å². The molecule has 0 unspecified atom stereocenters. The van der Waals surface area contributed by atoms with Gasteiger partial charge in [0.25, 0.3) is 10.1 Å². The van der Waals surface area contributed by atoms with Crippen LogP contribution in [0.3, 0.4) is 0 Å². The molecule has 0 radical (unpaired) electrons. The molecule has 112 valence electrons. The van der Waals surface area contributed by atoms with Gasteiger partial charge in [0.05, 0.1) is 5.69 Å². The molecule has 0 aliphatic rings. The monoisotopic (exact) mass is 329 g/mol. The van der Waals surface area contributed by atoms with Gasteiger partial charge in [0, 0.05) is 14.1 Å². The second-order valence-corrected chi connectivity index (χ2v) is 5.92. The van der Waals surface area contributed by atoms with Crippen molar-refractivity contribution in [3.63, 3.8) is 0 Å². The van der Waals surface area contributed by atoms with Gasteiger partial charge in [0.1, 0.15) is 16.3 Å². The van der Waals surface area contributed by atoms with Gasteiger partial charge in [0.15, 0.2) is 0 Å². The van der Waals surface area contributed by atoms with Gasteiger partial charge in [-0.3, -0.25) is 4.55 Å². The first-order chi connectivity index (χ1) is 9.89. The van der Waals surface area contributed by atoms with E-state index < -0.39 is 10.1 Å². The summed E-state index contributed by atoms with van der Waals surface area (Å²) in [4.78, 5) is 1.61. The third kappa shape index (κ3) is 4.62. The number of benzene rings is 2. The normalized spacial score (nSPS) is 11.2. The molecule has 0 aliphatic carbocycles. The number of hydrogen-bond donors (Lipinski definition) is 1. The molecule has 0 saturated heterocycles. The molecule has 0 fully saturated rings. The van der Waals surface area contributed by atoms with Crippen LogP contribution in [0.4, 0.5) is 17.1 Å². The standard InChI is InChI=1S/C14H15N3O3S.Na.H/c1-17(2)13-9-5-3-7-11(13)15-16-12-8-4-6-10-14(12)21(18,19)20;;/h3-10H,1-2H3,(H,18,19,20);;/b16-15+;;. The molecule has 0 spiro atoms. The summed E-state index contributed by atoms with van der Waals surface area (Å²) in [5.74, 6) is 0. The molecule has 0 heterocycles. The van der Waals surface area contributed by atoms with Crippen molar-refractivity contribution in [1.82, 2.24) is 0 Å². The van der Waals surface area contributed by atoms with E-state index in [4.69, 9.17) is 0 Å². The number of azo groups is 1. The average molecular weight is 329 g/mol. The van der Waals surface area contributed by atoms with Crippen LogP contribution >= 0.6 is 0 Å². The van der Waals surface area contributed by atoms with Crippen molar-refractivity contribution in [2.75, 3.05) is 19.0 Å². The molecule has 0 aliphatic heterocycles. The average Bonchev–Trinajstić information content (AvgIpc) is 2.44. The van der Waals surface area contributed by atoms with Gasteiger partial charge in [-0.05, 0) is 24.3 Å². The summed E-state index contributed by atoms with van der Waals surface area (Å²) in [6, 6.07) is 13.2. The molecule has 6 nitrogen and oxygen atoms in total. The first-order valence-electron chi connectivity index (χ1n) is 6.14. The topological polar surface area (TPSA) is 82.3 Å². The molecule has 2 rings (SSSR count).